The summed E-state index contributed by atoms with van der Waals surface area (Å²) < 4.78 is 73.4. The van der Waals surface area contributed by atoms with Crippen molar-refractivity contribution < 1.29 is 46.3 Å². The molecule has 0 heterocycles. The van der Waals surface area contributed by atoms with Gasteiger partial charge in [0.1, 0.15) is 22.0 Å². The Kier molecular flexibility index (Phi) is 9.83. The van der Waals surface area contributed by atoms with Crippen molar-refractivity contribution in [1.29, 1.82) is 0 Å². The highest BCUT2D eigenvalue weighted by Crippen LogP contribution is 2.33. The van der Waals surface area contributed by atoms with Crippen LogP contribution in [-0.2, 0) is 15.8 Å². The summed E-state index contributed by atoms with van der Waals surface area (Å²) in [6.07, 6.45) is -4.92. The minimum atomic E-state index is -4.92. The van der Waals surface area contributed by atoms with Crippen LogP contribution in [0.2, 0.25) is 10.0 Å². The Bertz CT molecular complexity index is 1630. The lowest BCUT2D eigenvalue weighted by Gasteiger charge is -2.14. The van der Waals surface area contributed by atoms with Crippen LogP contribution in [0.15, 0.2) is 48.5 Å². The van der Waals surface area contributed by atoms with Gasteiger partial charge in [-0.1, -0.05) is 35.0 Å². The zero-order valence-electron chi connectivity index (χ0n) is 21.6. The summed E-state index contributed by atoms with van der Waals surface area (Å²) in [5.74, 6) is -0.371. The van der Waals surface area contributed by atoms with E-state index in [-0.39, 0.29) is 33.7 Å². The van der Waals surface area contributed by atoms with Crippen molar-refractivity contribution in [1.82, 2.24) is 5.48 Å². The van der Waals surface area contributed by atoms with E-state index in [1.807, 2.05) is 0 Å². The van der Waals surface area contributed by atoms with Crippen molar-refractivity contribution in [2.75, 3.05) is 11.9 Å². The molecule has 0 aromatic heterocycles. The molecule has 3 aromatic carbocycles. The number of hydroxylamine groups is 1. The predicted molar refractivity (Wildman–Crippen MR) is 142 cm³/mol. The Morgan fingerprint density at radius 1 is 1.00 bits per heavy atom. The minimum Gasteiger partial charge on any atom is -0.483 e. The van der Waals surface area contributed by atoms with E-state index in [9.17, 15) is 36.3 Å². The van der Waals surface area contributed by atoms with Crippen LogP contribution in [0.5, 0.6) is 5.75 Å². The van der Waals surface area contributed by atoms with E-state index >= 15 is 0 Å². The predicted octanol–water partition coefficient (Wildman–Crippen LogP) is 6.42. The van der Waals surface area contributed by atoms with E-state index in [4.69, 9.17) is 33.1 Å². The highest BCUT2D eigenvalue weighted by molar-refractivity contribution is 6.34. The van der Waals surface area contributed by atoms with Gasteiger partial charge in [-0.3, -0.25) is 19.6 Å². The van der Waals surface area contributed by atoms with E-state index in [0.717, 1.165) is 6.07 Å². The van der Waals surface area contributed by atoms with Gasteiger partial charge < -0.3 is 10.1 Å². The van der Waals surface area contributed by atoms with Gasteiger partial charge in [0.05, 0.1) is 22.4 Å². The average Bonchev–Trinajstić information content (AvgIpc) is 2.92. The van der Waals surface area contributed by atoms with Crippen molar-refractivity contribution in [2.24, 2.45) is 5.41 Å². The molecule has 0 radical (unpaired) electrons. The molecule has 0 fully saturated rings. The number of alkyl halides is 3. The Labute approximate surface area is 245 Å². The summed E-state index contributed by atoms with van der Waals surface area (Å²) in [5.41, 5.74) is -2.66. The molecule has 0 spiro atoms. The Hall–Kier alpha value is -4.18. The third-order valence-electron chi connectivity index (χ3n) is 5.57. The van der Waals surface area contributed by atoms with Gasteiger partial charge in [-0.15, -0.1) is 0 Å². The lowest BCUT2D eigenvalue weighted by atomic mass is 9.93. The van der Waals surface area contributed by atoms with Crippen LogP contribution in [-0.4, -0.2) is 29.4 Å². The van der Waals surface area contributed by atoms with E-state index in [2.05, 4.69) is 17.2 Å². The first kappa shape index (κ1) is 32.3. The van der Waals surface area contributed by atoms with Crippen LogP contribution < -0.4 is 15.5 Å². The normalized spacial score (nSPS) is 11.3. The van der Waals surface area contributed by atoms with Crippen molar-refractivity contribution >= 4 is 46.5 Å². The number of carbonyl (C=O) groups is 3. The fourth-order valence-corrected chi connectivity index (χ4v) is 3.72. The molecule has 42 heavy (non-hydrogen) atoms. The molecule has 220 valence electrons. The molecule has 3 aromatic rings. The summed E-state index contributed by atoms with van der Waals surface area (Å²) in [6.45, 7) is 2.01. The molecule has 3 rings (SSSR count). The highest BCUT2D eigenvalue weighted by Gasteiger charge is 2.32. The fraction of sp³-hybridized carbons (Fsp3) is 0.179. The van der Waals surface area contributed by atoms with Gasteiger partial charge in [0.15, 0.2) is 18.2 Å². The number of benzene rings is 3. The largest absolute Gasteiger partial charge is 0.483 e. The van der Waals surface area contributed by atoms with Crippen molar-refractivity contribution in [3.8, 4) is 17.6 Å². The van der Waals surface area contributed by atoms with Crippen LogP contribution in [0.1, 0.15) is 40.9 Å². The summed E-state index contributed by atoms with van der Waals surface area (Å²) in [4.78, 5) is 37.1. The second kappa shape index (κ2) is 12.8. The Balaban J connectivity index is 1.79. The molecule has 2 amide bonds. The van der Waals surface area contributed by atoms with Crippen molar-refractivity contribution in [2.45, 2.75) is 20.0 Å². The fourth-order valence-electron chi connectivity index (χ4n) is 3.34. The van der Waals surface area contributed by atoms with Gasteiger partial charge in [0.25, 0.3) is 11.8 Å². The topological polar surface area (TPSA) is 105 Å². The van der Waals surface area contributed by atoms with Crippen molar-refractivity contribution in [3.63, 3.8) is 0 Å². The summed E-state index contributed by atoms with van der Waals surface area (Å²) >= 11 is 12.0. The molecule has 0 atom stereocenters. The number of hydrogen-bond donors (Lipinski definition) is 3. The van der Waals surface area contributed by atoms with Crippen LogP contribution in [0.4, 0.5) is 27.6 Å². The molecule has 14 heteroatoms. The van der Waals surface area contributed by atoms with Crippen molar-refractivity contribution in [3.05, 3.63) is 92.5 Å². The first-order valence-corrected chi connectivity index (χ1v) is 12.4. The third-order valence-corrected chi connectivity index (χ3v) is 6.17. The van der Waals surface area contributed by atoms with Gasteiger partial charge >= 0.3 is 6.18 Å². The molecule has 0 aliphatic carbocycles. The maximum atomic E-state index is 14.8. The molecule has 0 unspecified atom stereocenters. The van der Waals surface area contributed by atoms with E-state index in [0.29, 0.717) is 12.1 Å². The summed E-state index contributed by atoms with van der Waals surface area (Å²) in [7, 11) is 0. The smallest absolute Gasteiger partial charge is 0.416 e. The number of rotatable bonds is 7. The molecule has 0 saturated heterocycles. The monoisotopic (exact) mass is 628 g/mol. The first-order chi connectivity index (χ1) is 19.5. The van der Waals surface area contributed by atoms with Gasteiger partial charge in [-0.05, 0) is 62.4 Å². The average molecular weight is 629 g/mol. The Morgan fingerprint density at radius 3 is 2.33 bits per heavy atom. The number of amides is 2. The van der Waals surface area contributed by atoms with E-state index in [1.165, 1.54) is 43.6 Å². The Morgan fingerprint density at radius 2 is 1.69 bits per heavy atom. The van der Waals surface area contributed by atoms with E-state index in [1.54, 1.807) is 0 Å². The quantitative estimate of drug-likeness (QED) is 0.0920. The van der Waals surface area contributed by atoms with Gasteiger partial charge in [-0.2, -0.15) is 13.2 Å². The SMILES string of the molecule is CC(C)(C#Cc1ccc(NC(=O)COc2ccc(Cl)cc2C(=O)c2cc(F)cc(C(F)(F)F)c2)c(Cl)c1F)C(=O)NO. The molecule has 0 saturated carbocycles. The number of hydrogen-bond acceptors (Lipinski definition) is 5. The number of nitrogens with one attached hydrogen (secondary N) is 2. The number of anilines is 1. The molecular weight excluding hydrogens is 610 g/mol. The second-order valence-corrected chi connectivity index (χ2v) is 9.95. The standard InChI is InChI=1S/C28H19Cl2F5N2O5/c1-27(2,26(40)37-41)8-7-14-3-5-20(23(30)24(14)32)36-22(38)13-42-21-6-4-17(29)12-19(21)25(39)15-9-16(28(33,34)35)11-18(31)10-15/h3-6,9-12,41H,13H2,1-2H3,(H,36,38)(H,37,40). The van der Waals surface area contributed by atoms with Crippen LogP contribution in [0, 0.1) is 28.9 Å². The molecule has 0 bridgehead atoms. The second-order valence-electron chi connectivity index (χ2n) is 9.14. The molecular formula is C28H19Cl2F5N2O5. The van der Waals surface area contributed by atoms with Gasteiger partial charge in [0.2, 0.25) is 0 Å². The zero-order chi connectivity index (χ0) is 31.4. The zero-order valence-corrected chi connectivity index (χ0v) is 23.1. The maximum Gasteiger partial charge on any atom is 0.416 e. The maximum absolute atomic E-state index is 14.8. The van der Waals surface area contributed by atoms with Gasteiger partial charge in [-0.25, -0.2) is 14.3 Å². The lowest BCUT2D eigenvalue weighted by molar-refractivity contribution is -0.138. The van der Waals surface area contributed by atoms with Crippen LogP contribution in [0.25, 0.3) is 0 Å². The lowest BCUT2D eigenvalue weighted by Crippen LogP contribution is -2.33. The van der Waals surface area contributed by atoms with Crippen LogP contribution >= 0.6 is 23.2 Å². The number of carbonyl (C=O) groups excluding carboxylic acids is 3. The number of halogens is 7. The summed E-state index contributed by atoms with van der Waals surface area (Å²) in [5, 5.41) is 10.6. The van der Waals surface area contributed by atoms with Gasteiger partial charge in [0, 0.05) is 10.6 Å². The van der Waals surface area contributed by atoms with E-state index < -0.39 is 63.6 Å². The third kappa shape index (κ3) is 7.76. The molecule has 3 N–H and O–H groups in total. The first-order valence-electron chi connectivity index (χ1n) is 11.6. The minimum absolute atomic E-state index is 0.00780. The molecule has 0 aliphatic rings. The summed E-state index contributed by atoms with van der Waals surface area (Å²) in [6, 6.07) is 7.28. The van der Waals surface area contributed by atoms with Crippen LogP contribution in [0.3, 0.4) is 0 Å². The molecule has 0 aliphatic heterocycles. The number of ketones is 1. The highest BCUT2D eigenvalue weighted by atomic mass is 35.5. The number of ether oxygens (including phenoxy) is 1. The molecule has 7 nitrogen and oxygen atoms in total.